The van der Waals surface area contributed by atoms with E-state index in [-0.39, 0.29) is 0 Å². The molecule has 3 rings (SSSR count). The lowest BCUT2D eigenvalue weighted by molar-refractivity contribution is 0.174. The molecule has 0 spiro atoms. The van der Waals surface area contributed by atoms with Gasteiger partial charge in [-0.15, -0.1) is 5.10 Å². The SMILES string of the molecule is CN(C)Cc1nnc(NCCC2CCN(Cc3ccccc3)CC2)o1. The maximum atomic E-state index is 5.58. The molecule has 1 aromatic carbocycles. The van der Waals surface area contributed by atoms with E-state index < -0.39 is 0 Å². The summed E-state index contributed by atoms with van der Waals surface area (Å²) in [6, 6.07) is 11.3. The average molecular weight is 343 g/mol. The smallest absolute Gasteiger partial charge is 0.315 e. The highest BCUT2D eigenvalue weighted by Crippen LogP contribution is 2.22. The first-order valence-corrected chi connectivity index (χ1v) is 9.16. The molecule has 0 atom stereocenters. The maximum Gasteiger partial charge on any atom is 0.315 e. The van der Waals surface area contributed by atoms with Crippen molar-refractivity contribution in [2.45, 2.75) is 32.4 Å². The van der Waals surface area contributed by atoms with E-state index in [1.54, 1.807) is 0 Å². The molecule has 0 radical (unpaired) electrons. The van der Waals surface area contributed by atoms with Crippen molar-refractivity contribution in [3.8, 4) is 0 Å². The Bertz CT molecular complexity index is 620. The second-order valence-corrected chi connectivity index (χ2v) is 7.16. The molecule has 0 amide bonds. The number of rotatable bonds is 8. The van der Waals surface area contributed by atoms with Crippen molar-refractivity contribution in [3.63, 3.8) is 0 Å². The van der Waals surface area contributed by atoms with Crippen LogP contribution in [0.2, 0.25) is 0 Å². The van der Waals surface area contributed by atoms with Crippen molar-refractivity contribution in [3.05, 3.63) is 41.8 Å². The quantitative estimate of drug-likeness (QED) is 0.795. The molecule has 0 unspecified atom stereocenters. The molecular formula is C19H29N5O. The second kappa shape index (κ2) is 8.97. The van der Waals surface area contributed by atoms with E-state index in [1.807, 2.05) is 19.0 Å². The molecule has 2 heterocycles. The molecular weight excluding hydrogens is 314 g/mol. The fraction of sp³-hybridized carbons (Fsp3) is 0.579. The van der Waals surface area contributed by atoms with Gasteiger partial charge in [0.15, 0.2) is 0 Å². The van der Waals surface area contributed by atoms with Gasteiger partial charge in [-0.3, -0.25) is 4.90 Å². The van der Waals surface area contributed by atoms with Crippen LogP contribution in [0.4, 0.5) is 6.01 Å². The summed E-state index contributed by atoms with van der Waals surface area (Å²) in [5, 5.41) is 11.4. The molecule has 0 aliphatic carbocycles. The van der Waals surface area contributed by atoms with Gasteiger partial charge in [-0.1, -0.05) is 35.4 Å². The van der Waals surface area contributed by atoms with Crippen LogP contribution in [0.3, 0.4) is 0 Å². The summed E-state index contributed by atoms with van der Waals surface area (Å²) in [5.74, 6) is 1.44. The Morgan fingerprint density at radius 1 is 1.16 bits per heavy atom. The summed E-state index contributed by atoms with van der Waals surface area (Å²) in [6.45, 7) is 5.02. The first-order chi connectivity index (χ1) is 12.2. The minimum atomic E-state index is 0.540. The largest absolute Gasteiger partial charge is 0.407 e. The minimum absolute atomic E-state index is 0.540. The fourth-order valence-electron chi connectivity index (χ4n) is 3.32. The van der Waals surface area contributed by atoms with Crippen molar-refractivity contribution < 1.29 is 4.42 Å². The van der Waals surface area contributed by atoms with Crippen LogP contribution in [0.25, 0.3) is 0 Å². The summed E-state index contributed by atoms with van der Waals surface area (Å²) < 4.78 is 5.58. The van der Waals surface area contributed by atoms with Crippen molar-refractivity contribution in [2.75, 3.05) is 39.0 Å². The Kier molecular flexibility index (Phi) is 6.42. The number of nitrogens with zero attached hydrogens (tertiary/aromatic N) is 4. The number of piperidine rings is 1. The molecule has 1 aromatic heterocycles. The van der Waals surface area contributed by atoms with Crippen molar-refractivity contribution >= 4 is 6.01 Å². The highest BCUT2D eigenvalue weighted by Gasteiger charge is 2.19. The molecule has 6 heteroatoms. The molecule has 0 bridgehead atoms. The lowest BCUT2D eigenvalue weighted by atomic mass is 9.93. The van der Waals surface area contributed by atoms with Crippen LogP contribution >= 0.6 is 0 Å². The Balaban J connectivity index is 1.33. The normalized spacial score (nSPS) is 16.4. The van der Waals surface area contributed by atoms with E-state index in [0.717, 1.165) is 25.4 Å². The van der Waals surface area contributed by atoms with Crippen LogP contribution in [0, 0.1) is 5.92 Å². The number of anilines is 1. The highest BCUT2D eigenvalue weighted by atomic mass is 16.4. The van der Waals surface area contributed by atoms with Crippen LogP contribution < -0.4 is 5.32 Å². The van der Waals surface area contributed by atoms with E-state index in [1.165, 1.54) is 31.5 Å². The van der Waals surface area contributed by atoms with E-state index >= 15 is 0 Å². The third-order valence-electron chi connectivity index (χ3n) is 4.70. The predicted molar refractivity (Wildman–Crippen MR) is 99.2 cm³/mol. The lowest BCUT2D eigenvalue weighted by Gasteiger charge is -2.32. The fourth-order valence-corrected chi connectivity index (χ4v) is 3.32. The van der Waals surface area contributed by atoms with Crippen molar-refractivity contribution in [1.29, 1.82) is 0 Å². The first-order valence-electron chi connectivity index (χ1n) is 9.16. The van der Waals surface area contributed by atoms with Gasteiger partial charge in [0.1, 0.15) is 0 Å². The molecule has 1 fully saturated rings. The van der Waals surface area contributed by atoms with Gasteiger partial charge < -0.3 is 14.6 Å². The first kappa shape index (κ1) is 17.9. The molecule has 1 N–H and O–H groups in total. The van der Waals surface area contributed by atoms with Crippen LogP contribution in [0.5, 0.6) is 0 Å². The number of aromatic nitrogens is 2. The maximum absolute atomic E-state index is 5.58. The lowest BCUT2D eigenvalue weighted by Crippen LogP contribution is -2.33. The second-order valence-electron chi connectivity index (χ2n) is 7.16. The Morgan fingerprint density at radius 2 is 1.92 bits per heavy atom. The molecule has 1 aliphatic heterocycles. The number of hydrogen-bond donors (Lipinski definition) is 1. The molecule has 25 heavy (non-hydrogen) atoms. The minimum Gasteiger partial charge on any atom is -0.407 e. The van der Waals surface area contributed by atoms with Crippen molar-refractivity contribution in [2.24, 2.45) is 5.92 Å². The standard InChI is InChI=1S/C19H29N5O/c1-23(2)15-18-21-22-19(25-18)20-11-8-16-9-12-24(13-10-16)14-17-6-4-3-5-7-17/h3-7,16H,8-15H2,1-2H3,(H,20,22). The topological polar surface area (TPSA) is 57.4 Å². The third kappa shape index (κ3) is 5.83. The van der Waals surface area contributed by atoms with Gasteiger partial charge in [-0.05, 0) is 57.9 Å². The van der Waals surface area contributed by atoms with Gasteiger partial charge in [-0.2, -0.15) is 0 Å². The van der Waals surface area contributed by atoms with Crippen LogP contribution in [-0.4, -0.2) is 53.7 Å². The van der Waals surface area contributed by atoms with Gasteiger partial charge in [0.05, 0.1) is 6.54 Å². The summed E-state index contributed by atoms with van der Waals surface area (Å²) in [4.78, 5) is 4.57. The van der Waals surface area contributed by atoms with Crippen molar-refractivity contribution in [1.82, 2.24) is 20.0 Å². The molecule has 136 valence electrons. The Labute approximate surface area is 150 Å². The molecule has 2 aromatic rings. The highest BCUT2D eigenvalue weighted by molar-refractivity contribution is 5.16. The predicted octanol–water partition coefficient (Wildman–Crippen LogP) is 2.85. The third-order valence-corrected chi connectivity index (χ3v) is 4.70. The van der Waals surface area contributed by atoms with Gasteiger partial charge in [-0.25, -0.2) is 0 Å². The van der Waals surface area contributed by atoms with E-state index in [4.69, 9.17) is 4.42 Å². The monoisotopic (exact) mass is 343 g/mol. The summed E-state index contributed by atoms with van der Waals surface area (Å²) in [6.07, 6.45) is 3.69. The van der Waals surface area contributed by atoms with Crippen LogP contribution in [0.1, 0.15) is 30.7 Å². The van der Waals surface area contributed by atoms with Crippen LogP contribution in [0.15, 0.2) is 34.7 Å². The molecule has 0 saturated carbocycles. The van der Waals surface area contributed by atoms with Gasteiger partial charge in [0.25, 0.3) is 0 Å². The van der Waals surface area contributed by atoms with Gasteiger partial charge in [0, 0.05) is 13.1 Å². The molecule has 6 nitrogen and oxygen atoms in total. The van der Waals surface area contributed by atoms with E-state index in [2.05, 4.69) is 50.7 Å². The summed E-state index contributed by atoms with van der Waals surface area (Å²) in [7, 11) is 3.98. The van der Waals surface area contributed by atoms with Gasteiger partial charge >= 0.3 is 6.01 Å². The van der Waals surface area contributed by atoms with E-state index in [0.29, 0.717) is 18.5 Å². The zero-order valence-electron chi connectivity index (χ0n) is 15.3. The molecule has 1 aliphatic rings. The van der Waals surface area contributed by atoms with Crippen LogP contribution in [-0.2, 0) is 13.1 Å². The summed E-state index contributed by atoms with van der Waals surface area (Å²) in [5.41, 5.74) is 1.41. The zero-order chi connectivity index (χ0) is 17.5. The Hall–Kier alpha value is -1.92. The van der Waals surface area contributed by atoms with Gasteiger partial charge in [0.2, 0.25) is 5.89 Å². The number of likely N-dealkylation sites (tertiary alicyclic amines) is 1. The van der Waals surface area contributed by atoms with E-state index in [9.17, 15) is 0 Å². The average Bonchev–Trinajstić information content (AvgIpc) is 3.04. The summed E-state index contributed by atoms with van der Waals surface area (Å²) >= 11 is 0. The number of nitrogens with one attached hydrogen (secondary N) is 1. The number of benzene rings is 1. The number of hydrogen-bond acceptors (Lipinski definition) is 6. The molecule has 1 saturated heterocycles. The Morgan fingerprint density at radius 3 is 2.64 bits per heavy atom. The zero-order valence-corrected chi connectivity index (χ0v) is 15.3.